The normalized spacial score (nSPS) is 10.7. The van der Waals surface area contributed by atoms with Crippen LogP contribution in [0.15, 0.2) is 72.1 Å². The molecule has 0 atom stereocenters. The zero-order valence-electron chi connectivity index (χ0n) is 15.1. The average molecular weight is 383 g/mol. The molecule has 0 spiro atoms. The van der Waals surface area contributed by atoms with Crippen LogP contribution < -0.4 is 0 Å². The Bertz CT molecular complexity index is 939. The number of rotatable bonds is 7. The van der Waals surface area contributed by atoms with Gasteiger partial charge in [-0.3, -0.25) is 0 Å². The highest BCUT2D eigenvalue weighted by Gasteiger charge is 2.22. The number of carbonyl (C=O) groups is 1. The molecule has 0 saturated carbocycles. The van der Waals surface area contributed by atoms with Gasteiger partial charge in [0, 0.05) is 6.54 Å². The molecule has 0 aliphatic heterocycles. The zero-order valence-corrected chi connectivity index (χ0v) is 15.9. The Kier molecular flexibility index (Phi) is 7.35. The molecule has 2 aromatic rings. The van der Waals surface area contributed by atoms with Gasteiger partial charge < -0.3 is 4.74 Å². The minimum Gasteiger partial charge on any atom is -0.449 e. The highest BCUT2D eigenvalue weighted by Crippen LogP contribution is 2.16. The molecular weight excluding hydrogens is 362 g/mol. The van der Waals surface area contributed by atoms with Gasteiger partial charge in [0.25, 0.3) is 0 Å². The third-order valence-electron chi connectivity index (χ3n) is 3.66. The number of ether oxygens (including phenoxy) is 1. The van der Waals surface area contributed by atoms with Crippen molar-refractivity contribution in [2.24, 2.45) is 0 Å². The monoisotopic (exact) mass is 383 g/mol. The van der Waals surface area contributed by atoms with Gasteiger partial charge in [0.1, 0.15) is 0 Å². The number of hydrogen-bond donors (Lipinski definition) is 0. The fourth-order valence-corrected chi connectivity index (χ4v) is 3.52. The lowest BCUT2D eigenvalue weighted by molar-refractivity contribution is 0.0556. The van der Waals surface area contributed by atoms with Gasteiger partial charge >= 0.3 is 5.97 Å². The fraction of sp³-hybridized carbons (Fsp3) is 0.190. The van der Waals surface area contributed by atoms with Gasteiger partial charge in [-0.1, -0.05) is 53.8 Å². The van der Waals surface area contributed by atoms with Crippen LogP contribution in [0.25, 0.3) is 0 Å². The van der Waals surface area contributed by atoms with E-state index in [1.807, 2.05) is 6.92 Å². The summed E-state index contributed by atoms with van der Waals surface area (Å²) in [4.78, 5) is 12.0. The van der Waals surface area contributed by atoms with Gasteiger partial charge in [0.05, 0.1) is 17.0 Å². The van der Waals surface area contributed by atoms with Gasteiger partial charge in [-0.25, -0.2) is 13.2 Å². The second-order valence-corrected chi connectivity index (χ2v) is 7.63. The van der Waals surface area contributed by atoms with Crippen molar-refractivity contribution < 1.29 is 17.9 Å². The minimum atomic E-state index is -3.67. The second kappa shape index (κ2) is 9.72. The van der Waals surface area contributed by atoms with Gasteiger partial charge in [-0.05, 0) is 31.2 Å². The van der Waals surface area contributed by atoms with E-state index in [2.05, 4.69) is 18.4 Å². The average Bonchev–Trinajstić information content (AvgIpc) is 2.67. The van der Waals surface area contributed by atoms with Crippen LogP contribution >= 0.6 is 0 Å². The maximum Gasteiger partial charge on any atom is 0.339 e. The van der Waals surface area contributed by atoms with E-state index in [1.165, 1.54) is 10.4 Å². The molecule has 2 rings (SSSR count). The predicted molar refractivity (Wildman–Crippen MR) is 105 cm³/mol. The standard InChI is InChI=1S/C21H21NO4S/c1-3-15-22(27(24,25)20-13-11-18(2)12-14-20)16-7-8-17-26-21(23)19-9-5-4-6-10-19/h3-6,9-14H,1,15-17H2,2H3. The molecule has 0 radical (unpaired) electrons. The molecule has 0 aliphatic rings. The van der Waals surface area contributed by atoms with Crippen LogP contribution in [0.3, 0.4) is 0 Å². The van der Waals surface area contributed by atoms with Gasteiger partial charge in [0.2, 0.25) is 10.0 Å². The Labute approximate surface area is 160 Å². The lowest BCUT2D eigenvalue weighted by Gasteiger charge is -2.18. The van der Waals surface area contributed by atoms with Crippen LogP contribution in [-0.2, 0) is 14.8 Å². The largest absolute Gasteiger partial charge is 0.449 e. The molecule has 140 valence electrons. The maximum absolute atomic E-state index is 12.7. The Morgan fingerprint density at radius 1 is 1.11 bits per heavy atom. The van der Waals surface area contributed by atoms with E-state index in [0.717, 1.165) is 5.56 Å². The van der Waals surface area contributed by atoms with Crippen molar-refractivity contribution in [3.05, 3.63) is 78.4 Å². The first-order chi connectivity index (χ1) is 12.9. The van der Waals surface area contributed by atoms with Crippen molar-refractivity contribution in [1.29, 1.82) is 0 Å². The first-order valence-electron chi connectivity index (χ1n) is 8.31. The Morgan fingerprint density at radius 3 is 2.41 bits per heavy atom. The minimum absolute atomic E-state index is 0.0227. The quantitative estimate of drug-likeness (QED) is 0.419. The summed E-state index contributed by atoms with van der Waals surface area (Å²) in [5.41, 5.74) is 1.42. The third-order valence-corrected chi connectivity index (χ3v) is 5.48. The maximum atomic E-state index is 12.7. The van der Waals surface area contributed by atoms with Crippen LogP contribution in [0.5, 0.6) is 0 Å². The highest BCUT2D eigenvalue weighted by molar-refractivity contribution is 7.89. The molecular formula is C21H21NO4S. The predicted octanol–water partition coefficient (Wildman–Crippen LogP) is 3.03. The molecule has 5 nitrogen and oxygen atoms in total. The molecule has 0 amide bonds. The number of benzene rings is 2. The van der Waals surface area contributed by atoms with E-state index in [0.29, 0.717) is 5.56 Å². The third kappa shape index (κ3) is 5.81. The summed E-state index contributed by atoms with van der Waals surface area (Å²) >= 11 is 0. The van der Waals surface area contributed by atoms with Crippen LogP contribution in [0.2, 0.25) is 0 Å². The van der Waals surface area contributed by atoms with Crippen molar-refractivity contribution >= 4 is 16.0 Å². The first-order valence-corrected chi connectivity index (χ1v) is 9.75. The Morgan fingerprint density at radius 2 is 1.78 bits per heavy atom. The Balaban J connectivity index is 1.98. The number of nitrogens with zero attached hydrogens (tertiary/aromatic N) is 1. The van der Waals surface area contributed by atoms with Crippen molar-refractivity contribution in [2.45, 2.75) is 11.8 Å². The smallest absolute Gasteiger partial charge is 0.339 e. The summed E-state index contributed by atoms with van der Waals surface area (Å²) in [6.45, 7) is 5.49. The summed E-state index contributed by atoms with van der Waals surface area (Å²) in [5, 5.41) is 0. The van der Waals surface area contributed by atoms with Gasteiger partial charge in [-0.15, -0.1) is 6.58 Å². The second-order valence-electron chi connectivity index (χ2n) is 5.69. The summed E-state index contributed by atoms with van der Waals surface area (Å²) in [6.07, 6.45) is 1.50. The van der Waals surface area contributed by atoms with Crippen LogP contribution in [0.1, 0.15) is 15.9 Å². The number of esters is 1. The molecule has 0 aliphatic carbocycles. The highest BCUT2D eigenvalue weighted by atomic mass is 32.2. The number of hydrogen-bond acceptors (Lipinski definition) is 4. The van der Waals surface area contributed by atoms with E-state index in [-0.39, 0.29) is 24.6 Å². The van der Waals surface area contributed by atoms with E-state index < -0.39 is 16.0 Å². The lowest BCUT2D eigenvalue weighted by Crippen LogP contribution is -2.31. The molecule has 6 heteroatoms. The van der Waals surface area contributed by atoms with Gasteiger partial charge in [-0.2, -0.15) is 4.31 Å². The topological polar surface area (TPSA) is 63.7 Å². The number of carbonyl (C=O) groups excluding carboxylic acids is 1. The SMILES string of the molecule is C=CCN(CC#CCOC(=O)c1ccccc1)S(=O)(=O)c1ccc(C)cc1. The molecule has 0 fully saturated rings. The summed E-state index contributed by atoms with van der Waals surface area (Å²) < 4.78 is 31.7. The molecule has 0 saturated heterocycles. The molecule has 0 bridgehead atoms. The van der Waals surface area contributed by atoms with E-state index in [9.17, 15) is 13.2 Å². The molecule has 0 unspecified atom stereocenters. The van der Waals surface area contributed by atoms with Crippen molar-refractivity contribution in [3.63, 3.8) is 0 Å². The molecule has 27 heavy (non-hydrogen) atoms. The zero-order chi connectivity index (χ0) is 19.7. The summed E-state index contributed by atoms with van der Waals surface area (Å²) in [6, 6.07) is 15.2. The van der Waals surface area contributed by atoms with E-state index in [4.69, 9.17) is 4.74 Å². The van der Waals surface area contributed by atoms with E-state index in [1.54, 1.807) is 54.6 Å². The van der Waals surface area contributed by atoms with Crippen LogP contribution in [0.4, 0.5) is 0 Å². The Hall–Kier alpha value is -2.88. The van der Waals surface area contributed by atoms with Crippen molar-refractivity contribution in [3.8, 4) is 11.8 Å². The summed E-state index contributed by atoms with van der Waals surface area (Å²) in [7, 11) is -3.67. The van der Waals surface area contributed by atoms with Crippen molar-refractivity contribution in [1.82, 2.24) is 4.31 Å². The van der Waals surface area contributed by atoms with Crippen LogP contribution in [0, 0.1) is 18.8 Å². The number of aryl methyl sites for hydroxylation is 1. The number of sulfonamides is 1. The molecule has 0 N–H and O–H groups in total. The fourth-order valence-electron chi connectivity index (χ4n) is 2.21. The molecule has 0 aromatic heterocycles. The molecule has 2 aromatic carbocycles. The molecule has 0 heterocycles. The van der Waals surface area contributed by atoms with Crippen LogP contribution in [-0.4, -0.2) is 38.4 Å². The summed E-state index contributed by atoms with van der Waals surface area (Å²) in [5.74, 6) is 4.94. The first kappa shape index (κ1) is 20.4. The lowest BCUT2D eigenvalue weighted by atomic mass is 10.2. The van der Waals surface area contributed by atoms with Crippen molar-refractivity contribution in [2.75, 3.05) is 19.7 Å². The van der Waals surface area contributed by atoms with Gasteiger partial charge in [0.15, 0.2) is 6.61 Å². The van der Waals surface area contributed by atoms with E-state index >= 15 is 0 Å².